The average Bonchev–Trinajstić information content (AvgIpc) is 2.42. The maximum atomic E-state index is 4.68. The quantitative estimate of drug-likeness (QED) is 0.600. The fourth-order valence-corrected chi connectivity index (χ4v) is 0.534. The van der Waals surface area contributed by atoms with Gasteiger partial charge in [0.2, 0.25) is 0 Å². The Hall–Kier alpha value is -1.31. The Kier molecular flexibility index (Phi) is 4.82. The monoisotopic (exact) mass is 151 g/mol. The second-order valence-electron chi connectivity index (χ2n) is 1.61. The van der Waals surface area contributed by atoms with E-state index in [0.717, 1.165) is 5.22 Å². The molecule has 0 aliphatic carbocycles. The highest BCUT2D eigenvalue weighted by Crippen LogP contribution is 1.63. The van der Waals surface area contributed by atoms with Gasteiger partial charge in [-0.05, 0) is 0 Å². The molecular formula is C9H13NO. The summed E-state index contributed by atoms with van der Waals surface area (Å²) in [4.78, 5) is 0. The summed E-state index contributed by atoms with van der Waals surface area (Å²) in [5, 5.41) is 4.40. The highest BCUT2D eigenvalue weighted by molar-refractivity contribution is 5.33. The molecule has 0 amide bonds. The number of nitrogens with zero attached hydrogens (tertiary/aromatic N) is 1. The van der Waals surface area contributed by atoms with Crippen molar-refractivity contribution in [2.45, 2.75) is 13.8 Å². The number of allylic oxidation sites excluding steroid dienone is 1. The lowest BCUT2D eigenvalue weighted by atomic mass is 10.4. The van der Waals surface area contributed by atoms with Gasteiger partial charge in [0.1, 0.15) is 0 Å². The Labute approximate surface area is 66.5 Å². The summed E-state index contributed by atoms with van der Waals surface area (Å²) in [6.45, 7) is 11.1. The van der Waals surface area contributed by atoms with Gasteiger partial charge in [-0.2, -0.15) is 0 Å². The van der Waals surface area contributed by atoms with Crippen LogP contribution in [0.15, 0.2) is 23.4 Å². The van der Waals surface area contributed by atoms with Crippen LogP contribution >= 0.6 is 0 Å². The van der Waals surface area contributed by atoms with Crippen molar-refractivity contribution in [3.05, 3.63) is 29.5 Å². The van der Waals surface area contributed by atoms with E-state index in [1.165, 1.54) is 0 Å². The van der Waals surface area contributed by atoms with Crippen molar-refractivity contribution in [1.82, 2.24) is 5.16 Å². The van der Waals surface area contributed by atoms with Crippen molar-refractivity contribution in [3.8, 4) is 0 Å². The van der Waals surface area contributed by atoms with Crippen LogP contribution < -0.4 is 10.6 Å². The molecule has 2 nitrogen and oxygen atoms in total. The van der Waals surface area contributed by atoms with Crippen LogP contribution in [0.4, 0.5) is 0 Å². The van der Waals surface area contributed by atoms with Crippen molar-refractivity contribution >= 4 is 12.7 Å². The SMILES string of the molecule is C=C/C=c1/cnoc1=C.CC. The van der Waals surface area contributed by atoms with Crippen molar-refractivity contribution in [1.29, 1.82) is 0 Å². The summed E-state index contributed by atoms with van der Waals surface area (Å²) >= 11 is 0. The Morgan fingerprint density at radius 2 is 2.18 bits per heavy atom. The molecule has 0 spiro atoms. The van der Waals surface area contributed by atoms with Crippen LogP contribution in [0.1, 0.15) is 13.8 Å². The smallest absolute Gasteiger partial charge is 0.159 e. The van der Waals surface area contributed by atoms with E-state index >= 15 is 0 Å². The van der Waals surface area contributed by atoms with Gasteiger partial charge >= 0.3 is 0 Å². The van der Waals surface area contributed by atoms with Gasteiger partial charge < -0.3 is 4.52 Å². The van der Waals surface area contributed by atoms with Crippen molar-refractivity contribution < 1.29 is 4.52 Å². The molecule has 0 N–H and O–H groups in total. The van der Waals surface area contributed by atoms with E-state index in [0.29, 0.717) is 5.42 Å². The maximum Gasteiger partial charge on any atom is 0.159 e. The van der Waals surface area contributed by atoms with Gasteiger partial charge in [0, 0.05) is 5.22 Å². The van der Waals surface area contributed by atoms with Crippen LogP contribution in [0.3, 0.4) is 0 Å². The maximum absolute atomic E-state index is 4.68. The number of hydrogen-bond donors (Lipinski definition) is 0. The zero-order valence-electron chi connectivity index (χ0n) is 7.00. The highest BCUT2D eigenvalue weighted by atomic mass is 16.5. The minimum absolute atomic E-state index is 0.579. The second kappa shape index (κ2) is 5.47. The van der Waals surface area contributed by atoms with Gasteiger partial charge in [-0.1, -0.05) is 44.3 Å². The highest BCUT2D eigenvalue weighted by Gasteiger charge is 1.81. The topological polar surface area (TPSA) is 26.0 Å². The summed E-state index contributed by atoms with van der Waals surface area (Å²) in [6, 6.07) is 0. The summed E-state index contributed by atoms with van der Waals surface area (Å²) in [5.74, 6) is 0. The van der Waals surface area contributed by atoms with Gasteiger partial charge in [-0.15, -0.1) is 0 Å². The van der Waals surface area contributed by atoms with E-state index in [-0.39, 0.29) is 0 Å². The van der Waals surface area contributed by atoms with Gasteiger partial charge in [-0.25, -0.2) is 0 Å². The molecule has 0 aliphatic heterocycles. The molecule has 2 heteroatoms. The van der Waals surface area contributed by atoms with E-state index < -0.39 is 0 Å². The van der Waals surface area contributed by atoms with Crippen LogP contribution in [-0.4, -0.2) is 5.16 Å². The molecular weight excluding hydrogens is 138 g/mol. The van der Waals surface area contributed by atoms with E-state index in [2.05, 4.69) is 22.8 Å². The molecule has 1 aromatic rings. The molecule has 0 bridgehead atoms. The molecule has 11 heavy (non-hydrogen) atoms. The van der Waals surface area contributed by atoms with E-state index in [1.807, 2.05) is 13.8 Å². The molecule has 0 radical (unpaired) electrons. The normalized spacial score (nSPS) is 10.2. The second-order valence-corrected chi connectivity index (χ2v) is 1.61. The predicted molar refractivity (Wildman–Crippen MR) is 47.3 cm³/mol. The molecule has 60 valence electrons. The zero-order valence-corrected chi connectivity index (χ0v) is 7.00. The van der Waals surface area contributed by atoms with Crippen LogP contribution in [0.25, 0.3) is 12.7 Å². The van der Waals surface area contributed by atoms with E-state index in [4.69, 9.17) is 0 Å². The molecule has 1 rings (SSSR count). The molecule has 0 unspecified atom stereocenters. The molecule has 0 saturated heterocycles. The van der Waals surface area contributed by atoms with Crippen LogP contribution in [0.5, 0.6) is 0 Å². The van der Waals surface area contributed by atoms with Gasteiger partial charge in [-0.3, -0.25) is 0 Å². The molecule has 1 heterocycles. The number of aromatic nitrogens is 1. The fourth-order valence-electron chi connectivity index (χ4n) is 0.534. The predicted octanol–water partition coefficient (Wildman–Crippen LogP) is 1.08. The minimum atomic E-state index is 0.579. The lowest BCUT2D eigenvalue weighted by Gasteiger charge is -1.65. The number of rotatable bonds is 1. The summed E-state index contributed by atoms with van der Waals surface area (Å²) in [6.07, 6.45) is 5.06. The van der Waals surface area contributed by atoms with E-state index in [1.54, 1.807) is 18.3 Å². The molecule has 0 aromatic carbocycles. The van der Waals surface area contributed by atoms with Gasteiger partial charge in [0.25, 0.3) is 0 Å². The zero-order chi connectivity index (χ0) is 8.69. The molecule has 0 fully saturated rings. The molecule has 0 aliphatic rings. The first-order chi connectivity index (χ1) is 5.34. The van der Waals surface area contributed by atoms with Crippen LogP contribution in [0.2, 0.25) is 0 Å². The first-order valence-corrected chi connectivity index (χ1v) is 3.57. The standard InChI is InChI=1S/C7H7NO.C2H6/c1-3-4-7-5-8-9-6(7)2;1-2/h3-5H,1-2H2;1-2H3/b7-4-;. The Bertz CT molecular complexity index is 298. The summed E-state index contributed by atoms with van der Waals surface area (Å²) < 4.78 is 4.68. The third kappa shape index (κ3) is 2.85. The van der Waals surface area contributed by atoms with Gasteiger partial charge in [0.15, 0.2) is 5.42 Å². The lowest BCUT2D eigenvalue weighted by Crippen LogP contribution is -2.15. The summed E-state index contributed by atoms with van der Waals surface area (Å²) in [7, 11) is 0. The fraction of sp³-hybridized carbons (Fsp3) is 0.222. The Morgan fingerprint density at radius 1 is 1.55 bits per heavy atom. The average molecular weight is 151 g/mol. The molecule has 1 aromatic heterocycles. The van der Waals surface area contributed by atoms with Gasteiger partial charge in [0.05, 0.1) is 6.20 Å². The Balaban J connectivity index is 0.000000461. The minimum Gasteiger partial charge on any atom is -0.357 e. The number of hydrogen-bond acceptors (Lipinski definition) is 2. The third-order valence-electron chi connectivity index (χ3n) is 0.974. The largest absolute Gasteiger partial charge is 0.357 e. The third-order valence-corrected chi connectivity index (χ3v) is 0.974. The lowest BCUT2D eigenvalue weighted by molar-refractivity contribution is 0.395. The van der Waals surface area contributed by atoms with E-state index in [9.17, 15) is 0 Å². The molecule has 0 saturated carbocycles. The summed E-state index contributed by atoms with van der Waals surface area (Å²) in [5.41, 5.74) is 0.579. The first-order valence-electron chi connectivity index (χ1n) is 3.57. The first kappa shape index (κ1) is 9.69. The van der Waals surface area contributed by atoms with Crippen molar-refractivity contribution in [3.63, 3.8) is 0 Å². The Morgan fingerprint density at radius 3 is 2.55 bits per heavy atom. The van der Waals surface area contributed by atoms with Crippen LogP contribution in [-0.2, 0) is 0 Å². The van der Waals surface area contributed by atoms with Crippen molar-refractivity contribution in [2.24, 2.45) is 0 Å². The van der Waals surface area contributed by atoms with Crippen LogP contribution in [0, 0.1) is 0 Å². The van der Waals surface area contributed by atoms with Crippen molar-refractivity contribution in [2.75, 3.05) is 0 Å². The molecule has 0 atom stereocenters.